The van der Waals surface area contributed by atoms with Crippen molar-refractivity contribution in [2.45, 2.75) is 13.2 Å². The molecule has 0 aliphatic heterocycles. The lowest BCUT2D eigenvalue weighted by Crippen LogP contribution is -2.01. The Morgan fingerprint density at radius 1 is 1.32 bits per heavy atom. The number of hydrogen-bond acceptors (Lipinski definition) is 4. The van der Waals surface area contributed by atoms with E-state index in [0.717, 1.165) is 5.69 Å². The molecule has 0 saturated heterocycles. The molecule has 96 valence electrons. The quantitative estimate of drug-likeness (QED) is 0.910. The predicted octanol–water partition coefficient (Wildman–Crippen LogP) is 2.13. The van der Waals surface area contributed by atoms with E-state index in [2.05, 4.69) is 4.98 Å². The molecule has 0 unspecified atom stereocenters. The largest absolute Gasteiger partial charge is 0.487 e. The first-order chi connectivity index (χ1) is 9.22. The van der Waals surface area contributed by atoms with Crippen molar-refractivity contribution in [2.75, 3.05) is 0 Å². The third kappa shape index (κ3) is 3.27. The van der Waals surface area contributed by atoms with Crippen LogP contribution in [0.1, 0.15) is 16.8 Å². The topological polar surface area (TPSA) is 71.9 Å². The molecular weight excluding hydrogens is 245 g/mol. The minimum absolute atomic E-state index is 0.0845. The molecule has 2 aromatic rings. The molecule has 1 aromatic carbocycles. The van der Waals surface area contributed by atoms with Crippen LogP contribution in [0.15, 0.2) is 36.5 Å². The van der Waals surface area contributed by atoms with Gasteiger partial charge in [-0.2, -0.15) is 5.26 Å². The maximum atomic E-state index is 13.6. The fourth-order valence-corrected chi connectivity index (χ4v) is 1.51. The number of pyridine rings is 1. The Morgan fingerprint density at radius 3 is 2.74 bits per heavy atom. The summed E-state index contributed by atoms with van der Waals surface area (Å²) in [4.78, 5) is 4.07. The standard InChI is InChI=1S/C14H12FN3O/c15-14-5-10(6-16)1-2-11(14)9-19-13-4-3-12(7-17)18-8-13/h1-5,8H,7,9,17H2. The van der Waals surface area contributed by atoms with Gasteiger partial charge in [-0.05, 0) is 24.3 Å². The number of aromatic nitrogens is 1. The smallest absolute Gasteiger partial charge is 0.138 e. The van der Waals surface area contributed by atoms with Crippen LogP contribution in [0, 0.1) is 17.1 Å². The Balaban J connectivity index is 2.04. The highest BCUT2D eigenvalue weighted by Gasteiger charge is 2.04. The maximum absolute atomic E-state index is 13.6. The van der Waals surface area contributed by atoms with Crippen molar-refractivity contribution in [1.29, 1.82) is 5.26 Å². The molecule has 0 amide bonds. The zero-order valence-electron chi connectivity index (χ0n) is 10.1. The molecule has 0 aliphatic carbocycles. The van der Waals surface area contributed by atoms with Crippen molar-refractivity contribution in [3.8, 4) is 11.8 Å². The number of nitrogens with zero attached hydrogens (tertiary/aromatic N) is 2. The number of rotatable bonds is 4. The van der Waals surface area contributed by atoms with Crippen molar-refractivity contribution >= 4 is 0 Å². The average molecular weight is 257 g/mol. The number of nitrogens with two attached hydrogens (primary N) is 1. The molecule has 1 aromatic heterocycles. The number of benzene rings is 1. The number of hydrogen-bond donors (Lipinski definition) is 1. The van der Waals surface area contributed by atoms with Gasteiger partial charge in [-0.3, -0.25) is 4.98 Å². The first-order valence-electron chi connectivity index (χ1n) is 5.69. The van der Waals surface area contributed by atoms with Gasteiger partial charge >= 0.3 is 0 Å². The Kier molecular flexibility index (Phi) is 4.06. The molecule has 2 rings (SSSR count). The van der Waals surface area contributed by atoms with Crippen LogP contribution >= 0.6 is 0 Å². The molecule has 0 spiro atoms. The van der Waals surface area contributed by atoms with Gasteiger partial charge in [-0.15, -0.1) is 0 Å². The number of halogens is 1. The molecular formula is C14H12FN3O. The van der Waals surface area contributed by atoms with Crippen LogP contribution in [-0.4, -0.2) is 4.98 Å². The summed E-state index contributed by atoms with van der Waals surface area (Å²) in [5.41, 5.74) is 6.87. The first-order valence-corrected chi connectivity index (χ1v) is 5.69. The van der Waals surface area contributed by atoms with E-state index >= 15 is 0 Å². The fourth-order valence-electron chi connectivity index (χ4n) is 1.51. The lowest BCUT2D eigenvalue weighted by Gasteiger charge is -2.07. The molecule has 19 heavy (non-hydrogen) atoms. The fraction of sp³-hybridized carbons (Fsp3) is 0.143. The van der Waals surface area contributed by atoms with Crippen LogP contribution in [0.25, 0.3) is 0 Å². The Morgan fingerprint density at radius 2 is 2.16 bits per heavy atom. The average Bonchev–Trinajstić information content (AvgIpc) is 2.46. The number of ether oxygens (including phenoxy) is 1. The van der Waals surface area contributed by atoms with Gasteiger partial charge in [0, 0.05) is 12.1 Å². The normalized spacial score (nSPS) is 9.95. The van der Waals surface area contributed by atoms with Crippen LogP contribution in [0.2, 0.25) is 0 Å². The molecule has 0 radical (unpaired) electrons. The molecule has 0 fully saturated rings. The SMILES string of the molecule is N#Cc1ccc(COc2ccc(CN)nc2)c(F)c1. The molecule has 2 N–H and O–H groups in total. The molecule has 0 atom stereocenters. The van der Waals surface area contributed by atoms with Crippen molar-refractivity contribution in [1.82, 2.24) is 4.98 Å². The van der Waals surface area contributed by atoms with E-state index in [4.69, 9.17) is 15.7 Å². The van der Waals surface area contributed by atoms with Crippen molar-refractivity contribution in [3.05, 3.63) is 59.2 Å². The summed E-state index contributed by atoms with van der Waals surface area (Å²) in [6.45, 7) is 0.450. The molecule has 0 saturated carbocycles. The van der Waals surface area contributed by atoms with Gasteiger partial charge in [-0.25, -0.2) is 4.39 Å². The summed E-state index contributed by atoms with van der Waals surface area (Å²) < 4.78 is 19.0. The van der Waals surface area contributed by atoms with Gasteiger partial charge in [0.25, 0.3) is 0 Å². The van der Waals surface area contributed by atoms with Crippen LogP contribution in [-0.2, 0) is 13.2 Å². The predicted molar refractivity (Wildman–Crippen MR) is 67.6 cm³/mol. The van der Waals surface area contributed by atoms with E-state index in [1.54, 1.807) is 24.4 Å². The molecule has 5 heteroatoms. The van der Waals surface area contributed by atoms with Crippen LogP contribution in [0.5, 0.6) is 5.75 Å². The molecule has 1 heterocycles. The zero-order valence-corrected chi connectivity index (χ0v) is 10.1. The minimum atomic E-state index is -0.453. The molecule has 0 bridgehead atoms. The highest BCUT2D eigenvalue weighted by atomic mass is 19.1. The van der Waals surface area contributed by atoms with Crippen LogP contribution < -0.4 is 10.5 Å². The van der Waals surface area contributed by atoms with Crippen molar-refractivity contribution in [3.63, 3.8) is 0 Å². The van der Waals surface area contributed by atoms with Crippen LogP contribution in [0.3, 0.4) is 0 Å². The van der Waals surface area contributed by atoms with Gasteiger partial charge in [0.2, 0.25) is 0 Å². The van der Waals surface area contributed by atoms with Gasteiger partial charge < -0.3 is 10.5 Å². The van der Waals surface area contributed by atoms with Gasteiger partial charge in [-0.1, -0.05) is 6.07 Å². The van der Waals surface area contributed by atoms with E-state index in [9.17, 15) is 4.39 Å². The van der Waals surface area contributed by atoms with Crippen molar-refractivity contribution in [2.24, 2.45) is 5.73 Å². The second-order valence-corrected chi connectivity index (χ2v) is 3.90. The first kappa shape index (κ1) is 13.0. The van der Waals surface area contributed by atoms with E-state index in [-0.39, 0.29) is 12.2 Å². The summed E-state index contributed by atoms with van der Waals surface area (Å²) in [5, 5.41) is 8.64. The Hall–Kier alpha value is -2.45. The summed E-state index contributed by atoms with van der Waals surface area (Å²) in [5.74, 6) is 0.0894. The third-order valence-corrected chi connectivity index (χ3v) is 2.58. The summed E-state index contributed by atoms with van der Waals surface area (Å²) in [6, 6.07) is 9.65. The summed E-state index contributed by atoms with van der Waals surface area (Å²) in [6.07, 6.45) is 1.55. The lowest BCUT2D eigenvalue weighted by molar-refractivity contribution is 0.298. The second kappa shape index (κ2) is 5.94. The third-order valence-electron chi connectivity index (χ3n) is 2.58. The van der Waals surface area contributed by atoms with Crippen LogP contribution in [0.4, 0.5) is 4.39 Å². The zero-order chi connectivity index (χ0) is 13.7. The number of nitriles is 1. The summed E-state index contributed by atoms with van der Waals surface area (Å²) >= 11 is 0. The van der Waals surface area contributed by atoms with Crippen molar-refractivity contribution < 1.29 is 9.13 Å². The highest BCUT2D eigenvalue weighted by Crippen LogP contribution is 2.15. The molecule has 4 nitrogen and oxygen atoms in total. The minimum Gasteiger partial charge on any atom is -0.487 e. The Bertz CT molecular complexity index is 605. The summed E-state index contributed by atoms with van der Waals surface area (Å²) in [7, 11) is 0. The van der Waals surface area contributed by atoms with E-state index in [1.165, 1.54) is 12.1 Å². The van der Waals surface area contributed by atoms with E-state index < -0.39 is 5.82 Å². The monoisotopic (exact) mass is 257 g/mol. The van der Waals surface area contributed by atoms with E-state index in [0.29, 0.717) is 17.9 Å². The maximum Gasteiger partial charge on any atom is 0.138 e. The second-order valence-electron chi connectivity index (χ2n) is 3.90. The Labute approximate surface area is 110 Å². The van der Waals surface area contributed by atoms with Gasteiger partial charge in [0.1, 0.15) is 18.2 Å². The van der Waals surface area contributed by atoms with E-state index in [1.807, 2.05) is 6.07 Å². The highest BCUT2D eigenvalue weighted by molar-refractivity contribution is 5.33. The van der Waals surface area contributed by atoms with Gasteiger partial charge in [0.05, 0.1) is 23.5 Å². The molecule has 0 aliphatic rings. The lowest BCUT2D eigenvalue weighted by atomic mass is 10.1. The van der Waals surface area contributed by atoms with Gasteiger partial charge in [0.15, 0.2) is 0 Å².